The number of rotatable bonds is 3. The van der Waals surface area contributed by atoms with E-state index in [-0.39, 0.29) is 18.1 Å². The number of pyridine rings is 1. The van der Waals surface area contributed by atoms with E-state index in [1.165, 1.54) is 6.07 Å². The summed E-state index contributed by atoms with van der Waals surface area (Å²) in [5.74, 6) is 6.11. The molecule has 0 saturated carbocycles. The van der Waals surface area contributed by atoms with Crippen molar-refractivity contribution in [1.82, 2.24) is 20.1 Å². The molecule has 0 bridgehead atoms. The minimum Gasteiger partial charge on any atom is -0.483 e. The number of piperidine rings is 1. The van der Waals surface area contributed by atoms with E-state index >= 15 is 0 Å². The molecule has 0 amide bonds. The van der Waals surface area contributed by atoms with Gasteiger partial charge in [0, 0.05) is 46.9 Å². The van der Waals surface area contributed by atoms with Crippen LogP contribution < -0.4 is 5.32 Å². The molecule has 1 aliphatic heterocycles. The van der Waals surface area contributed by atoms with Crippen LogP contribution >= 0.6 is 0 Å². The van der Waals surface area contributed by atoms with Crippen molar-refractivity contribution >= 4 is 23.1 Å². The molecular formula is C24H24F3N5O2. The lowest BCUT2D eigenvalue weighted by Crippen LogP contribution is -2.40. The third-order valence-corrected chi connectivity index (χ3v) is 5.41. The van der Waals surface area contributed by atoms with E-state index < -0.39 is 11.7 Å². The minimum atomic E-state index is -4.44. The number of hydrogen-bond donors (Lipinski definition) is 2. The van der Waals surface area contributed by atoms with Crippen molar-refractivity contribution < 1.29 is 23.1 Å². The van der Waals surface area contributed by atoms with Gasteiger partial charge >= 0.3 is 6.18 Å². The van der Waals surface area contributed by atoms with E-state index in [0.717, 1.165) is 48.8 Å². The van der Waals surface area contributed by atoms with Gasteiger partial charge in [0.1, 0.15) is 5.69 Å². The molecule has 0 spiro atoms. The van der Waals surface area contributed by atoms with Gasteiger partial charge < -0.3 is 15.3 Å². The maximum atomic E-state index is 13.2. The van der Waals surface area contributed by atoms with Crippen molar-refractivity contribution in [1.29, 1.82) is 0 Å². The van der Waals surface area contributed by atoms with Gasteiger partial charge in [-0.25, -0.2) is 0 Å². The lowest BCUT2D eigenvalue weighted by atomic mass is 9.98. The second-order valence-corrected chi connectivity index (χ2v) is 7.80. The summed E-state index contributed by atoms with van der Waals surface area (Å²) < 4.78 is 39.6. The SMILES string of the molecule is CC#Cc1cc(C(F)(F)F)ccc1-c1nnc(N[C@@H]2CCCN(C)C2)c2cnccc12.O=CO. The molecule has 4 rings (SSSR count). The topological polar surface area (TPSA) is 91.2 Å². The Morgan fingerprint density at radius 1 is 1.24 bits per heavy atom. The van der Waals surface area contributed by atoms with Gasteiger partial charge in [0.05, 0.1) is 5.56 Å². The molecule has 3 aromatic rings. The Kier molecular flexibility index (Phi) is 8.02. The molecule has 1 aromatic carbocycles. The molecular weight excluding hydrogens is 447 g/mol. The number of alkyl halides is 3. The molecule has 1 atom stereocenters. The third-order valence-electron chi connectivity index (χ3n) is 5.41. The predicted octanol–water partition coefficient (Wildman–Crippen LogP) is 4.29. The van der Waals surface area contributed by atoms with Crippen molar-refractivity contribution in [2.45, 2.75) is 32.0 Å². The monoisotopic (exact) mass is 471 g/mol. The normalized spacial score (nSPS) is 16.1. The van der Waals surface area contributed by atoms with Crippen LogP contribution in [0, 0.1) is 11.8 Å². The lowest BCUT2D eigenvalue weighted by Gasteiger charge is -2.30. The minimum absolute atomic E-state index is 0.245. The lowest BCUT2D eigenvalue weighted by molar-refractivity contribution is -0.137. The van der Waals surface area contributed by atoms with E-state index in [0.29, 0.717) is 17.1 Å². The van der Waals surface area contributed by atoms with Gasteiger partial charge in [0.25, 0.3) is 6.47 Å². The van der Waals surface area contributed by atoms with Gasteiger partial charge in [-0.05, 0) is 51.6 Å². The molecule has 34 heavy (non-hydrogen) atoms. The predicted molar refractivity (Wildman–Crippen MR) is 123 cm³/mol. The molecule has 0 aliphatic carbocycles. The maximum Gasteiger partial charge on any atom is 0.416 e. The Hall–Kier alpha value is -3.71. The number of halogens is 3. The van der Waals surface area contributed by atoms with Crippen LogP contribution in [0.1, 0.15) is 30.9 Å². The smallest absolute Gasteiger partial charge is 0.416 e. The fourth-order valence-electron chi connectivity index (χ4n) is 3.95. The first-order chi connectivity index (χ1) is 16.3. The first kappa shape index (κ1) is 24.9. The number of carboxylic acid groups (broad SMARTS) is 1. The Labute approximate surface area is 195 Å². The van der Waals surface area contributed by atoms with Gasteiger partial charge in [0.2, 0.25) is 0 Å². The summed E-state index contributed by atoms with van der Waals surface area (Å²) in [4.78, 5) is 14.9. The van der Waals surface area contributed by atoms with Crippen LogP contribution in [0.2, 0.25) is 0 Å². The second-order valence-electron chi connectivity index (χ2n) is 7.80. The zero-order valence-electron chi connectivity index (χ0n) is 18.7. The van der Waals surface area contributed by atoms with Crippen molar-refractivity contribution in [2.24, 2.45) is 0 Å². The number of nitrogens with zero attached hydrogens (tertiary/aromatic N) is 4. The Morgan fingerprint density at radius 3 is 2.68 bits per heavy atom. The summed E-state index contributed by atoms with van der Waals surface area (Å²) in [6.07, 6.45) is 1.03. The number of anilines is 1. The Morgan fingerprint density at radius 2 is 2.00 bits per heavy atom. The Bertz CT molecular complexity index is 1220. The zero-order chi connectivity index (χ0) is 24.7. The number of benzene rings is 1. The highest BCUT2D eigenvalue weighted by Crippen LogP contribution is 2.35. The molecule has 2 N–H and O–H groups in total. The van der Waals surface area contributed by atoms with Gasteiger partial charge in [-0.3, -0.25) is 9.78 Å². The van der Waals surface area contributed by atoms with Crippen molar-refractivity contribution in [2.75, 3.05) is 25.5 Å². The highest BCUT2D eigenvalue weighted by atomic mass is 19.4. The van der Waals surface area contributed by atoms with E-state index in [9.17, 15) is 13.2 Å². The fourth-order valence-corrected chi connectivity index (χ4v) is 3.95. The number of hydrogen-bond acceptors (Lipinski definition) is 6. The average Bonchev–Trinajstić information content (AvgIpc) is 2.80. The summed E-state index contributed by atoms with van der Waals surface area (Å²) in [6, 6.07) is 5.57. The van der Waals surface area contributed by atoms with Crippen LogP contribution in [0.25, 0.3) is 22.0 Å². The highest BCUT2D eigenvalue weighted by Gasteiger charge is 2.31. The van der Waals surface area contributed by atoms with Crippen LogP contribution in [-0.2, 0) is 11.0 Å². The summed E-state index contributed by atoms with van der Waals surface area (Å²) in [5.41, 5.74) is 0.511. The van der Waals surface area contributed by atoms with Gasteiger partial charge in [-0.15, -0.1) is 16.1 Å². The highest BCUT2D eigenvalue weighted by molar-refractivity contribution is 6.00. The number of carbonyl (C=O) groups is 1. The number of likely N-dealkylation sites (tertiary alicyclic amines) is 1. The number of nitrogens with one attached hydrogen (secondary N) is 1. The van der Waals surface area contributed by atoms with E-state index in [1.54, 1.807) is 25.4 Å². The van der Waals surface area contributed by atoms with Crippen molar-refractivity contribution in [3.63, 3.8) is 0 Å². The molecule has 1 fully saturated rings. The number of aromatic nitrogens is 3. The molecule has 3 heterocycles. The molecule has 7 nitrogen and oxygen atoms in total. The Balaban J connectivity index is 0.00000103. The quantitative estimate of drug-likeness (QED) is 0.435. The molecule has 0 unspecified atom stereocenters. The molecule has 1 aliphatic rings. The van der Waals surface area contributed by atoms with Crippen LogP contribution in [0.15, 0.2) is 36.7 Å². The van der Waals surface area contributed by atoms with E-state index in [2.05, 4.69) is 44.3 Å². The summed E-state index contributed by atoms with van der Waals surface area (Å²) >= 11 is 0. The molecule has 10 heteroatoms. The summed E-state index contributed by atoms with van der Waals surface area (Å²) in [5, 5.41) is 20.7. The van der Waals surface area contributed by atoms with Crippen LogP contribution in [0.5, 0.6) is 0 Å². The zero-order valence-corrected chi connectivity index (χ0v) is 18.7. The largest absolute Gasteiger partial charge is 0.483 e. The van der Waals surface area contributed by atoms with Crippen molar-refractivity contribution in [3.8, 4) is 23.1 Å². The standard InChI is InChI=1S/C23H22F3N5.CH2O2/c1-3-5-15-12-16(23(24,25)26)7-8-18(15)21-19-9-10-27-13-20(19)22(30-29-21)28-17-6-4-11-31(2)14-17;2-1-3/h7-10,12-13,17H,4,6,11,14H2,1-2H3,(H,28,30);1H,(H,2,3)/t17-;/m1./s1. The van der Waals surface area contributed by atoms with Crippen LogP contribution in [-0.4, -0.2) is 57.8 Å². The molecule has 178 valence electrons. The van der Waals surface area contributed by atoms with Crippen molar-refractivity contribution in [3.05, 3.63) is 47.8 Å². The van der Waals surface area contributed by atoms with Gasteiger partial charge in [-0.1, -0.05) is 12.0 Å². The maximum absolute atomic E-state index is 13.2. The third kappa shape index (κ3) is 5.80. The number of likely N-dealkylation sites (N-methyl/N-ethyl adjacent to an activating group) is 1. The fraction of sp³-hybridized carbons (Fsp3) is 0.333. The van der Waals surface area contributed by atoms with Gasteiger partial charge in [0.15, 0.2) is 5.82 Å². The first-order valence-electron chi connectivity index (χ1n) is 10.6. The number of fused-ring (bicyclic) bond motifs is 1. The first-order valence-corrected chi connectivity index (χ1v) is 10.6. The molecule has 2 aromatic heterocycles. The average molecular weight is 471 g/mol. The van der Waals surface area contributed by atoms with E-state index in [1.807, 2.05) is 0 Å². The van der Waals surface area contributed by atoms with Crippen LogP contribution in [0.3, 0.4) is 0 Å². The molecule has 0 radical (unpaired) electrons. The van der Waals surface area contributed by atoms with Crippen LogP contribution in [0.4, 0.5) is 19.0 Å². The summed E-state index contributed by atoms with van der Waals surface area (Å²) in [6.45, 7) is 3.31. The summed E-state index contributed by atoms with van der Waals surface area (Å²) in [7, 11) is 2.09. The molecule has 1 saturated heterocycles. The van der Waals surface area contributed by atoms with E-state index in [4.69, 9.17) is 9.90 Å². The van der Waals surface area contributed by atoms with Gasteiger partial charge in [-0.2, -0.15) is 13.2 Å². The second kappa shape index (κ2) is 10.9.